The number of carbonyl (C=O) groups excluding carboxylic acids is 1. The Kier molecular flexibility index (Phi) is 5.60. The summed E-state index contributed by atoms with van der Waals surface area (Å²) in [6, 6.07) is 18.8. The van der Waals surface area contributed by atoms with Crippen molar-refractivity contribution in [3.05, 3.63) is 86.8 Å². The minimum Gasteiger partial charge on any atom is -0.493 e. The van der Waals surface area contributed by atoms with E-state index in [4.69, 9.17) is 21.1 Å². The average molecular weight is 471 g/mol. The first-order valence-electron chi connectivity index (χ1n) is 8.93. The zero-order chi connectivity index (χ0) is 20.4. The summed E-state index contributed by atoms with van der Waals surface area (Å²) in [7, 11) is 1.58. The van der Waals surface area contributed by atoms with Gasteiger partial charge in [-0.1, -0.05) is 63.9 Å². The topological polar surface area (TPSA) is 47.6 Å². The van der Waals surface area contributed by atoms with E-state index >= 15 is 0 Å². The van der Waals surface area contributed by atoms with Crippen molar-refractivity contribution in [3.8, 4) is 11.5 Å². The van der Waals surface area contributed by atoms with Gasteiger partial charge in [-0.05, 0) is 35.9 Å². The molecule has 1 aliphatic rings. The van der Waals surface area contributed by atoms with Crippen LogP contribution in [-0.2, 0) is 11.4 Å². The van der Waals surface area contributed by atoms with Crippen LogP contribution in [0.2, 0.25) is 5.02 Å². The molecule has 0 saturated carbocycles. The lowest BCUT2D eigenvalue weighted by atomic mass is 10.0. The van der Waals surface area contributed by atoms with E-state index in [0.29, 0.717) is 28.7 Å². The van der Waals surface area contributed by atoms with Gasteiger partial charge in [0, 0.05) is 31.9 Å². The van der Waals surface area contributed by atoms with E-state index in [1.54, 1.807) is 7.11 Å². The Morgan fingerprint density at radius 2 is 1.83 bits per heavy atom. The minimum absolute atomic E-state index is 0.129. The van der Waals surface area contributed by atoms with E-state index in [1.807, 2.05) is 66.7 Å². The summed E-state index contributed by atoms with van der Waals surface area (Å²) >= 11 is 9.79. The number of fused-ring (bicyclic) bond motifs is 1. The zero-order valence-corrected chi connectivity index (χ0v) is 17.9. The fourth-order valence-corrected chi connectivity index (χ4v) is 3.77. The number of hydrogen-bond acceptors (Lipinski definition) is 3. The highest BCUT2D eigenvalue weighted by molar-refractivity contribution is 9.10. The van der Waals surface area contributed by atoms with Crippen molar-refractivity contribution in [1.82, 2.24) is 0 Å². The second-order valence-electron chi connectivity index (χ2n) is 6.46. The van der Waals surface area contributed by atoms with E-state index in [9.17, 15) is 4.79 Å². The normalized spacial score (nSPS) is 13.9. The summed E-state index contributed by atoms with van der Waals surface area (Å²) in [4.78, 5) is 12.4. The number of benzene rings is 3. The van der Waals surface area contributed by atoms with Crippen LogP contribution in [0.1, 0.15) is 16.7 Å². The molecule has 0 aromatic heterocycles. The maximum absolute atomic E-state index is 12.4. The van der Waals surface area contributed by atoms with Gasteiger partial charge in [0.25, 0.3) is 5.91 Å². The molecule has 1 heterocycles. The van der Waals surface area contributed by atoms with Gasteiger partial charge in [-0.25, -0.2) is 0 Å². The van der Waals surface area contributed by atoms with E-state index in [1.165, 1.54) is 0 Å². The molecular weight excluding hydrogens is 454 g/mol. The molecule has 1 amide bonds. The van der Waals surface area contributed by atoms with Gasteiger partial charge in [0.2, 0.25) is 0 Å². The van der Waals surface area contributed by atoms with Gasteiger partial charge in [0.15, 0.2) is 11.5 Å². The first-order chi connectivity index (χ1) is 14.1. The van der Waals surface area contributed by atoms with Gasteiger partial charge in [-0.15, -0.1) is 0 Å². The van der Waals surface area contributed by atoms with Crippen molar-refractivity contribution in [1.29, 1.82) is 0 Å². The second kappa shape index (κ2) is 8.31. The molecule has 0 spiro atoms. The molecular formula is C23H17BrClNO3. The molecule has 0 radical (unpaired) electrons. The first-order valence-corrected chi connectivity index (χ1v) is 10.1. The van der Waals surface area contributed by atoms with E-state index in [-0.39, 0.29) is 5.91 Å². The van der Waals surface area contributed by atoms with Crippen molar-refractivity contribution in [2.45, 2.75) is 6.61 Å². The SMILES string of the molecule is COc1cc(/C=C2\C(=O)Nc3ccccc32)c(Br)cc1OCc1ccccc1Cl. The number of rotatable bonds is 5. The molecule has 6 heteroatoms. The Hall–Kier alpha value is -2.76. The summed E-state index contributed by atoms with van der Waals surface area (Å²) in [6.45, 7) is 0.318. The van der Waals surface area contributed by atoms with Crippen LogP contribution in [0.5, 0.6) is 11.5 Å². The lowest BCUT2D eigenvalue weighted by Crippen LogP contribution is -2.03. The lowest BCUT2D eigenvalue weighted by Gasteiger charge is -2.14. The molecule has 4 nitrogen and oxygen atoms in total. The molecule has 3 aromatic carbocycles. The number of anilines is 1. The van der Waals surface area contributed by atoms with Crippen LogP contribution < -0.4 is 14.8 Å². The molecule has 29 heavy (non-hydrogen) atoms. The summed E-state index contributed by atoms with van der Waals surface area (Å²) in [5.74, 6) is 1.02. The summed E-state index contributed by atoms with van der Waals surface area (Å²) < 4.78 is 12.2. The standard InChI is InChI=1S/C23H17BrClNO3/c1-28-21-11-15(10-17-16-7-3-5-9-20(16)26-23(17)27)18(24)12-22(21)29-13-14-6-2-4-8-19(14)25/h2-12H,13H2,1H3,(H,26,27)/b17-10-. The number of halogens is 2. The quantitative estimate of drug-likeness (QED) is 0.453. The molecule has 0 unspecified atom stereocenters. The number of methoxy groups -OCH3 is 1. The predicted molar refractivity (Wildman–Crippen MR) is 119 cm³/mol. The highest BCUT2D eigenvalue weighted by Crippen LogP contribution is 2.38. The second-order valence-corrected chi connectivity index (χ2v) is 7.72. The highest BCUT2D eigenvalue weighted by atomic mass is 79.9. The summed E-state index contributed by atoms with van der Waals surface area (Å²) in [5, 5.41) is 3.53. The van der Waals surface area contributed by atoms with Crippen LogP contribution in [0.3, 0.4) is 0 Å². The number of carbonyl (C=O) groups is 1. The number of ether oxygens (including phenoxy) is 2. The molecule has 0 bridgehead atoms. The Bertz CT molecular complexity index is 1130. The van der Waals surface area contributed by atoms with Crippen LogP contribution in [0.25, 0.3) is 11.6 Å². The van der Waals surface area contributed by atoms with Crippen molar-refractivity contribution in [3.63, 3.8) is 0 Å². The molecule has 3 aromatic rings. The molecule has 0 saturated heterocycles. The fourth-order valence-electron chi connectivity index (χ4n) is 3.14. The van der Waals surface area contributed by atoms with Crippen molar-refractivity contribution >= 4 is 50.8 Å². The van der Waals surface area contributed by atoms with E-state index in [2.05, 4.69) is 21.2 Å². The van der Waals surface area contributed by atoms with Crippen LogP contribution in [-0.4, -0.2) is 13.0 Å². The Morgan fingerprint density at radius 3 is 2.62 bits per heavy atom. The zero-order valence-electron chi connectivity index (χ0n) is 15.5. The highest BCUT2D eigenvalue weighted by Gasteiger charge is 2.24. The van der Waals surface area contributed by atoms with Gasteiger partial charge in [0.1, 0.15) is 6.61 Å². The van der Waals surface area contributed by atoms with Crippen LogP contribution in [0.15, 0.2) is 65.1 Å². The van der Waals surface area contributed by atoms with Gasteiger partial charge < -0.3 is 14.8 Å². The Balaban J connectivity index is 1.65. The van der Waals surface area contributed by atoms with Crippen LogP contribution in [0.4, 0.5) is 5.69 Å². The third-order valence-corrected chi connectivity index (χ3v) is 5.69. The summed E-state index contributed by atoms with van der Waals surface area (Å²) in [6.07, 6.45) is 1.84. The molecule has 1 aliphatic heterocycles. The average Bonchev–Trinajstić information content (AvgIpc) is 3.04. The third kappa shape index (κ3) is 4.02. The van der Waals surface area contributed by atoms with Crippen molar-refractivity contribution < 1.29 is 14.3 Å². The Labute approximate surface area is 182 Å². The van der Waals surface area contributed by atoms with E-state index < -0.39 is 0 Å². The molecule has 0 atom stereocenters. The first kappa shape index (κ1) is 19.6. The summed E-state index contributed by atoms with van der Waals surface area (Å²) in [5.41, 5.74) is 3.99. The number of para-hydroxylation sites is 1. The number of hydrogen-bond donors (Lipinski definition) is 1. The van der Waals surface area contributed by atoms with Crippen molar-refractivity contribution in [2.75, 3.05) is 12.4 Å². The van der Waals surface area contributed by atoms with Crippen LogP contribution in [0, 0.1) is 0 Å². The van der Waals surface area contributed by atoms with Crippen LogP contribution >= 0.6 is 27.5 Å². The maximum Gasteiger partial charge on any atom is 0.256 e. The van der Waals surface area contributed by atoms with E-state index in [0.717, 1.165) is 26.9 Å². The Morgan fingerprint density at radius 1 is 1.07 bits per heavy atom. The van der Waals surface area contributed by atoms with Gasteiger partial charge in [-0.2, -0.15) is 0 Å². The van der Waals surface area contributed by atoms with Gasteiger partial charge in [-0.3, -0.25) is 4.79 Å². The molecule has 0 aliphatic carbocycles. The lowest BCUT2D eigenvalue weighted by molar-refractivity contribution is -0.110. The molecule has 0 fully saturated rings. The van der Waals surface area contributed by atoms with Gasteiger partial charge >= 0.3 is 0 Å². The molecule has 146 valence electrons. The molecule has 1 N–H and O–H groups in total. The number of amides is 1. The maximum atomic E-state index is 12.4. The fraction of sp³-hybridized carbons (Fsp3) is 0.0870. The molecule has 4 rings (SSSR count). The monoisotopic (exact) mass is 469 g/mol. The predicted octanol–water partition coefficient (Wildman–Crippen LogP) is 6.18. The smallest absolute Gasteiger partial charge is 0.256 e. The largest absolute Gasteiger partial charge is 0.493 e. The van der Waals surface area contributed by atoms with Gasteiger partial charge in [0.05, 0.1) is 7.11 Å². The minimum atomic E-state index is -0.129. The van der Waals surface area contributed by atoms with Crippen molar-refractivity contribution in [2.24, 2.45) is 0 Å². The number of nitrogens with one attached hydrogen (secondary N) is 1. The third-order valence-electron chi connectivity index (χ3n) is 4.63.